The third-order valence-corrected chi connectivity index (χ3v) is 7.91. The third-order valence-electron chi connectivity index (χ3n) is 7.91. The normalized spacial score (nSPS) is 19.4. The molecule has 1 saturated heterocycles. The molecule has 4 aromatic rings. The molecular weight excluding hydrogens is 512 g/mol. The predicted molar refractivity (Wildman–Crippen MR) is 147 cm³/mol. The van der Waals surface area contributed by atoms with E-state index in [4.69, 9.17) is 9.47 Å². The molecule has 40 heavy (non-hydrogen) atoms. The number of carbonyl (C=O) groups is 2. The number of nitrogens with zero attached hydrogens (tertiary/aromatic N) is 2. The second-order valence-corrected chi connectivity index (χ2v) is 10.1. The number of H-pyrrole nitrogens is 1. The Hall–Kier alpha value is -4.38. The predicted octanol–water partition coefficient (Wildman–Crippen LogP) is 2.52. The molecule has 10 nitrogen and oxygen atoms in total. The molecule has 0 saturated carbocycles. The summed E-state index contributed by atoms with van der Waals surface area (Å²) in [4.78, 5) is 34.5. The summed E-state index contributed by atoms with van der Waals surface area (Å²) in [7, 11) is 3.16. The van der Waals surface area contributed by atoms with Gasteiger partial charge in [0.05, 0.1) is 26.8 Å². The first-order valence-corrected chi connectivity index (χ1v) is 13.1. The Morgan fingerprint density at radius 1 is 1.02 bits per heavy atom. The van der Waals surface area contributed by atoms with Crippen LogP contribution in [-0.4, -0.2) is 65.2 Å². The van der Waals surface area contributed by atoms with Gasteiger partial charge in [0.15, 0.2) is 17.2 Å². The topological polar surface area (TPSA) is 123 Å². The molecule has 0 spiro atoms. The van der Waals surface area contributed by atoms with E-state index in [1.165, 1.54) is 6.07 Å². The molecule has 1 fully saturated rings. The second kappa shape index (κ2) is 10.3. The summed E-state index contributed by atoms with van der Waals surface area (Å²) >= 11 is 0. The van der Waals surface area contributed by atoms with Crippen LogP contribution in [0, 0.1) is 5.21 Å². The standard InChI is InChI=1S/C30H30N4O6/c1-39-25-11-10-18(14-26(25)40-2)12-13-32-17-27(35)33-24(30(32)36)16-22-21-8-3-4-9-23(21)31-28(22)29(33)19-6-5-7-20(15-19)34(37)38/h3-11,14-15,24,29,31,34,37H,12-13,16-17H2,1-2H3/t24-,29?/m0/s1. The van der Waals surface area contributed by atoms with Crippen LogP contribution in [0.3, 0.4) is 0 Å². The van der Waals surface area contributed by atoms with Crippen LogP contribution in [-0.2, 0) is 22.4 Å². The molecule has 2 aliphatic heterocycles. The molecule has 0 radical (unpaired) electrons. The summed E-state index contributed by atoms with van der Waals surface area (Å²) in [6, 6.07) is 18.8. The number of piperazine rings is 1. The molecule has 206 valence electrons. The first-order chi connectivity index (χ1) is 19.4. The molecule has 2 amide bonds. The number of hydrogen-bond donors (Lipinski definition) is 3. The van der Waals surface area contributed by atoms with Gasteiger partial charge in [-0.15, -0.1) is 0 Å². The van der Waals surface area contributed by atoms with Crippen molar-refractivity contribution in [1.29, 1.82) is 0 Å². The highest BCUT2D eigenvalue weighted by atomic mass is 16.8. The van der Waals surface area contributed by atoms with Crippen LogP contribution >= 0.6 is 0 Å². The molecule has 2 unspecified atom stereocenters. The minimum atomic E-state index is -1.05. The van der Waals surface area contributed by atoms with Gasteiger partial charge < -0.3 is 29.5 Å². The van der Waals surface area contributed by atoms with Crippen LogP contribution in [0.5, 0.6) is 11.5 Å². The van der Waals surface area contributed by atoms with Gasteiger partial charge >= 0.3 is 0 Å². The number of para-hydroxylation sites is 1. The summed E-state index contributed by atoms with van der Waals surface area (Å²) in [6.07, 6.45) is 0.931. The summed E-state index contributed by atoms with van der Waals surface area (Å²) in [5.74, 6) is 0.945. The van der Waals surface area contributed by atoms with Crippen molar-refractivity contribution in [3.8, 4) is 11.5 Å². The van der Waals surface area contributed by atoms with Crippen LogP contribution in [0.25, 0.3) is 10.9 Å². The van der Waals surface area contributed by atoms with Crippen molar-refractivity contribution < 1.29 is 29.5 Å². The highest BCUT2D eigenvalue weighted by molar-refractivity contribution is 5.97. The fraction of sp³-hybridized carbons (Fsp3) is 0.267. The summed E-state index contributed by atoms with van der Waals surface area (Å²) in [5, 5.41) is 21.3. The number of amides is 2. The Morgan fingerprint density at radius 3 is 2.60 bits per heavy atom. The van der Waals surface area contributed by atoms with Crippen LogP contribution in [0.15, 0.2) is 66.7 Å². The number of methoxy groups -OCH3 is 2. The largest absolute Gasteiger partial charge is 0.595 e. The number of rotatable bonds is 7. The van der Waals surface area contributed by atoms with Gasteiger partial charge in [0.25, 0.3) is 0 Å². The minimum Gasteiger partial charge on any atom is -0.595 e. The van der Waals surface area contributed by atoms with Crippen molar-refractivity contribution in [2.75, 3.05) is 27.3 Å². The molecule has 0 bridgehead atoms. The van der Waals surface area contributed by atoms with Crippen LogP contribution < -0.4 is 14.7 Å². The number of hydrogen-bond acceptors (Lipinski definition) is 6. The maximum atomic E-state index is 14.0. The highest BCUT2D eigenvalue weighted by Crippen LogP contribution is 2.42. The van der Waals surface area contributed by atoms with E-state index in [0.717, 1.165) is 27.7 Å². The Bertz CT molecular complexity index is 1600. The van der Waals surface area contributed by atoms with Gasteiger partial charge in [-0.1, -0.05) is 36.4 Å². The summed E-state index contributed by atoms with van der Waals surface area (Å²) in [5.41, 5.74) is 4.45. The van der Waals surface area contributed by atoms with E-state index in [9.17, 15) is 20.0 Å². The average molecular weight is 543 g/mol. The van der Waals surface area contributed by atoms with Crippen molar-refractivity contribution in [3.05, 3.63) is 94.3 Å². The molecule has 6 rings (SSSR count). The molecule has 2 aliphatic rings. The highest BCUT2D eigenvalue weighted by Gasteiger charge is 2.48. The lowest BCUT2D eigenvalue weighted by molar-refractivity contribution is -0.991. The van der Waals surface area contributed by atoms with Gasteiger partial charge in [-0.25, -0.2) is 5.21 Å². The maximum Gasteiger partial charge on any atom is 0.246 e. The molecular formula is C30H30N4O6. The van der Waals surface area contributed by atoms with Crippen molar-refractivity contribution in [2.24, 2.45) is 0 Å². The quantitative estimate of drug-likeness (QED) is 0.309. The van der Waals surface area contributed by atoms with Gasteiger partial charge in [-0.2, -0.15) is 5.23 Å². The number of quaternary nitrogens is 1. The molecule has 3 aromatic carbocycles. The van der Waals surface area contributed by atoms with E-state index >= 15 is 0 Å². The van der Waals surface area contributed by atoms with Crippen LogP contribution in [0.2, 0.25) is 0 Å². The zero-order chi connectivity index (χ0) is 28.0. The van der Waals surface area contributed by atoms with Crippen molar-refractivity contribution in [1.82, 2.24) is 14.8 Å². The molecule has 1 aromatic heterocycles. The van der Waals surface area contributed by atoms with Gasteiger partial charge in [0.2, 0.25) is 11.8 Å². The lowest BCUT2D eigenvalue weighted by atomic mass is 9.86. The van der Waals surface area contributed by atoms with Gasteiger partial charge in [0, 0.05) is 41.7 Å². The van der Waals surface area contributed by atoms with Gasteiger partial charge in [0.1, 0.15) is 6.04 Å². The molecule has 0 aliphatic carbocycles. The fourth-order valence-corrected chi connectivity index (χ4v) is 6.00. The van der Waals surface area contributed by atoms with E-state index in [1.807, 2.05) is 48.5 Å². The molecule has 3 atom stereocenters. The SMILES string of the molecule is COc1ccc(CCN2CC(=O)N3C(c4cccc([NH+]([O-])O)c4)c4[nH]c5ccccc5c4C[C@H]3C2=O)cc1OC. The maximum absolute atomic E-state index is 14.0. The van der Waals surface area contributed by atoms with E-state index in [2.05, 4.69) is 4.98 Å². The van der Waals surface area contributed by atoms with Crippen molar-refractivity contribution in [3.63, 3.8) is 0 Å². The number of aromatic nitrogens is 1. The van der Waals surface area contributed by atoms with Crippen molar-refractivity contribution >= 4 is 28.4 Å². The summed E-state index contributed by atoms with van der Waals surface area (Å²) < 4.78 is 10.7. The smallest absolute Gasteiger partial charge is 0.246 e. The van der Waals surface area contributed by atoms with Crippen molar-refractivity contribution in [2.45, 2.75) is 24.9 Å². The number of carbonyl (C=O) groups excluding carboxylic acids is 2. The fourth-order valence-electron chi connectivity index (χ4n) is 6.00. The van der Waals surface area contributed by atoms with Gasteiger partial charge in [-0.05, 0) is 41.3 Å². The lowest BCUT2D eigenvalue weighted by Gasteiger charge is -2.47. The molecule has 10 heteroatoms. The number of fused-ring (bicyclic) bond motifs is 4. The van der Waals surface area contributed by atoms with E-state index < -0.39 is 17.3 Å². The first-order valence-electron chi connectivity index (χ1n) is 13.1. The Morgan fingerprint density at radius 2 is 1.82 bits per heavy atom. The van der Waals surface area contributed by atoms with E-state index in [-0.39, 0.29) is 24.0 Å². The minimum absolute atomic E-state index is 0.0483. The monoisotopic (exact) mass is 542 g/mol. The zero-order valence-electron chi connectivity index (χ0n) is 22.2. The first kappa shape index (κ1) is 25.9. The van der Waals surface area contributed by atoms with E-state index in [1.54, 1.807) is 36.2 Å². The number of benzene rings is 3. The molecule has 3 N–H and O–H groups in total. The summed E-state index contributed by atoms with van der Waals surface area (Å²) in [6.45, 7) is 0.331. The van der Waals surface area contributed by atoms with Gasteiger partial charge in [-0.3, -0.25) is 9.59 Å². The zero-order valence-corrected chi connectivity index (χ0v) is 22.2. The number of aromatic amines is 1. The Labute approximate surface area is 230 Å². The van der Waals surface area contributed by atoms with Crippen LogP contribution in [0.4, 0.5) is 5.69 Å². The Kier molecular flexibility index (Phi) is 6.67. The number of ether oxygens (including phenoxy) is 2. The Balaban J connectivity index is 1.35. The average Bonchev–Trinajstić information content (AvgIpc) is 3.35. The van der Waals surface area contributed by atoms with E-state index in [0.29, 0.717) is 36.4 Å². The second-order valence-electron chi connectivity index (χ2n) is 10.1. The number of nitrogens with one attached hydrogen (secondary N) is 2. The van der Waals surface area contributed by atoms with Crippen LogP contribution in [0.1, 0.15) is 28.4 Å². The third kappa shape index (κ3) is 4.36. The lowest BCUT2D eigenvalue weighted by Crippen LogP contribution is -2.99. The molecule has 3 heterocycles.